The van der Waals surface area contributed by atoms with Crippen LogP contribution in [0.1, 0.15) is 5.69 Å². The Kier molecular flexibility index (Phi) is 3.58. The number of nitrogens with zero attached hydrogens (tertiary/aromatic N) is 4. The van der Waals surface area contributed by atoms with Crippen LogP contribution in [0.2, 0.25) is 0 Å². The van der Waals surface area contributed by atoms with Crippen molar-refractivity contribution < 1.29 is 8.42 Å². The van der Waals surface area contributed by atoms with Crippen molar-refractivity contribution in [3.05, 3.63) is 24.4 Å². The first-order chi connectivity index (χ1) is 8.92. The molecule has 0 aliphatic rings. The van der Waals surface area contributed by atoms with Crippen molar-refractivity contribution >= 4 is 15.8 Å². The van der Waals surface area contributed by atoms with E-state index in [1.165, 1.54) is 4.68 Å². The maximum absolute atomic E-state index is 12.1. The lowest BCUT2D eigenvalue weighted by Crippen LogP contribution is -2.28. The van der Waals surface area contributed by atoms with Gasteiger partial charge >= 0.3 is 0 Å². The first-order valence-corrected chi connectivity index (χ1v) is 7.14. The second-order valence-corrected chi connectivity index (χ2v) is 5.83. The summed E-state index contributed by atoms with van der Waals surface area (Å²) >= 11 is 0. The summed E-state index contributed by atoms with van der Waals surface area (Å²) in [7, 11) is -2.00. The Hall–Kier alpha value is -1.87. The number of anilines is 1. The monoisotopic (exact) mass is 284 g/mol. The molecule has 0 bridgehead atoms. The van der Waals surface area contributed by atoms with Crippen molar-refractivity contribution in [2.24, 2.45) is 7.05 Å². The zero-order valence-corrected chi connectivity index (χ0v) is 11.6. The maximum Gasteiger partial charge on any atom is 0.246 e. The summed E-state index contributed by atoms with van der Waals surface area (Å²) in [5.41, 5.74) is 6.14. The number of sulfonamides is 1. The first-order valence-electron chi connectivity index (χ1n) is 5.66. The van der Waals surface area contributed by atoms with Crippen LogP contribution in [0.15, 0.2) is 23.6 Å². The summed E-state index contributed by atoms with van der Waals surface area (Å²) in [6, 6.07) is 0. The molecule has 0 aliphatic heterocycles. The highest BCUT2D eigenvalue weighted by Crippen LogP contribution is 2.20. The number of hydrogen-bond acceptors (Lipinski definition) is 5. The van der Waals surface area contributed by atoms with E-state index in [-0.39, 0.29) is 17.3 Å². The molecule has 9 heteroatoms. The lowest BCUT2D eigenvalue weighted by molar-refractivity contribution is 0.572. The van der Waals surface area contributed by atoms with E-state index in [9.17, 15) is 8.42 Å². The quantitative estimate of drug-likeness (QED) is 0.768. The number of hydrogen-bond donors (Lipinski definition) is 2. The van der Waals surface area contributed by atoms with E-state index in [0.717, 1.165) is 0 Å². The van der Waals surface area contributed by atoms with Gasteiger partial charge in [0.05, 0.1) is 12.0 Å². The maximum atomic E-state index is 12.1. The van der Waals surface area contributed by atoms with Gasteiger partial charge < -0.3 is 10.3 Å². The number of imidazole rings is 1. The van der Waals surface area contributed by atoms with E-state index in [0.29, 0.717) is 12.2 Å². The molecule has 2 aromatic heterocycles. The normalized spacial score (nSPS) is 11.9. The molecule has 2 aromatic rings. The minimum atomic E-state index is -3.65. The van der Waals surface area contributed by atoms with Crippen molar-refractivity contribution in [1.29, 1.82) is 0 Å². The lowest BCUT2D eigenvalue weighted by Gasteiger charge is -2.07. The van der Waals surface area contributed by atoms with Gasteiger partial charge in [0, 0.05) is 32.5 Å². The summed E-state index contributed by atoms with van der Waals surface area (Å²) in [6.45, 7) is 2.42. The molecule has 0 saturated heterocycles. The molecule has 2 heterocycles. The molecule has 2 rings (SSSR count). The first kappa shape index (κ1) is 13.6. The number of aromatic nitrogens is 4. The Labute approximate surface area is 111 Å². The standard InChI is InChI=1S/C10H16N6O2S/c1-8-9(10(11)14-15(8)2)19(17,18)13-4-6-16-5-3-12-7-16/h3,5,7,13H,4,6H2,1-2H3,(H2,11,14). The molecule has 8 nitrogen and oxygen atoms in total. The van der Waals surface area contributed by atoms with Gasteiger partial charge in [-0.2, -0.15) is 5.10 Å². The molecule has 0 radical (unpaired) electrons. The third-order valence-electron chi connectivity index (χ3n) is 2.79. The largest absolute Gasteiger partial charge is 0.381 e. The summed E-state index contributed by atoms with van der Waals surface area (Å²) in [5.74, 6) is 0.00938. The Bertz CT molecular complexity index is 659. The van der Waals surface area contributed by atoms with Gasteiger partial charge in [-0.3, -0.25) is 4.68 Å². The molecule has 0 amide bonds. The second kappa shape index (κ2) is 5.02. The molecular weight excluding hydrogens is 268 g/mol. The van der Waals surface area contributed by atoms with E-state index >= 15 is 0 Å². The van der Waals surface area contributed by atoms with Crippen LogP contribution in [-0.4, -0.2) is 34.3 Å². The number of nitrogens with two attached hydrogens (primary N) is 1. The van der Waals surface area contributed by atoms with Crippen LogP contribution in [0.5, 0.6) is 0 Å². The molecule has 0 aromatic carbocycles. The Morgan fingerprint density at radius 1 is 1.47 bits per heavy atom. The zero-order valence-electron chi connectivity index (χ0n) is 10.7. The van der Waals surface area contributed by atoms with Crippen LogP contribution in [0, 0.1) is 6.92 Å². The van der Waals surface area contributed by atoms with Gasteiger partial charge in [0.15, 0.2) is 5.82 Å². The van der Waals surface area contributed by atoms with Crippen LogP contribution in [0.4, 0.5) is 5.82 Å². The molecule has 0 atom stereocenters. The van der Waals surface area contributed by atoms with Crippen molar-refractivity contribution in [2.45, 2.75) is 18.4 Å². The molecule has 0 saturated carbocycles. The van der Waals surface area contributed by atoms with Crippen LogP contribution in [0.3, 0.4) is 0 Å². The van der Waals surface area contributed by atoms with E-state index < -0.39 is 10.0 Å². The fourth-order valence-electron chi connectivity index (χ4n) is 1.75. The molecule has 0 fully saturated rings. The van der Waals surface area contributed by atoms with Gasteiger partial charge in [0.25, 0.3) is 0 Å². The third-order valence-corrected chi connectivity index (χ3v) is 4.42. The molecule has 0 spiro atoms. The Balaban J connectivity index is 2.10. The van der Waals surface area contributed by atoms with Crippen LogP contribution in [-0.2, 0) is 23.6 Å². The minimum Gasteiger partial charge on any atom is -0.381 e. The zero-order chi connectivity index (χ0) is 14.0. The van der Waals surface area contributed by atoms with Crippen LogP contribution in [0.25, 0.3) is 0 Å². The number of nitrogen functional groups attached to an aromatic ring is 1. The average molecular weight is 284 g/mol. The highest BCUT2D eigenvalue weighted by atomic mass is 32.2. The average Bonchev–Trinajstić information content (AvgIpc) is 2.88. The number of nitrogens with one attached hydrogen (secondary N) is 1. The van der Waals surface area contributed by atoms with E-state index in [2.05, 4.69) is 14.8 Å². The molecule has 0 aliphatic carbocycles. The summed E-state index contributed by atoms with van der Waals surface area (Å²) in [4.78, 5) is 3.92. The van der Waals surface area contributed by atoms with Gasteiger partial charge in [-0.1, -0.05) is 0 Å². The number of rotatable bonds is 5. The second-order valence-electron chi connectivity index (χ2n) is 4.12. The van der Waals surface area contributed by atoms with Gasteiger partial charge in [0.2, 0.25) is 10.0 Å². The molecule has 3 N–H and O–H groups in total. The van der Waals surface area contributed by atoms with Crippen LogP contribution >= 0.6 is 0 Å². The summed E-state index contributed by atoms with van der Waals surface area (Å²) in [6.07, 6.45) is 5.02. The molecule has 19 heavy (non-hydrogen) atoms. The third kappa shape index (κ3) is 2.76. The van der Waals surface area contributed by atoms with Gasteiger partial charge in [0.1, 0.15) is 4.90 Å². The smallest absolute Gasteiger partial charge is 0.246 e. The summed E-state index contributed by atoms with van der Waals surface area (Å²) < 4.78 is 30.0. The fourth-order valence-corrected chi connectivity index (χ4v) is 3.09. The molecule has 104 valence electrons. The van der Waals surface area contributed by atoms with Gasteiger partial charge in [-0.05, 0) is 6.92 Å². The van der Waals surface area contributed by atoms with Crippen molar-refractivity contribution in [2.75, 3.05) is 12.3 Å². The SMILES string of the molecule is Cc1c(S(=O)(=O)NCCn2ccnc2)c(N)nn1C. The Morgan fingerprint density at radius 2 is 2.21 bits per heavy atom. The number of aryl methyl sites for hydroxylation is 1. The topological polar surface area (TPSA) is 108 Å². The predicted molar refractivity (Wildman–Crippen MR) is 69.8 cm³/mol. The minimum absolute atomic E-state index is 0.00938. The van der Waals surface area contributed by atoms with Crippen LogP contribution < -0.4 is 10.5 Å². The van der Waals surface area contributed by atoms with Gasteiger partial charge in [-0.25, -0.2) is 18.1 Å². The highest BCUT2D eigenvalue weighted by Gasteiger charge is 2.23. The van der Waals surface area contributed by atoms with Crippen molar-refractivity contribution in [3.63, 3.8) is 0 Å². The highest BCUT2D eigenvalue weighted by molar-refractivity contribution is 7.89. The van der Waals surface area contributed by atoms with E-state index in [1.807, 2.05) is 0 Å². The van der Waals surface area contributed by atoms with Crippen molar-refractivity contribution in [1.82, 2.24) is 24.1 Å². The van der Waals surface area contributed by atoms with E-state index in [1.54, 1.807) is 37.3 Å². The van der Waals surface area contributed by atoms with Crippen molar-refractivity contribution in [3.8, 4) is 0 Å². The van der Waals surface area contributed by atoms with E-state index in [4.69, 9.17) is 5.73 Å². The summed E-state index contributed by atoms with van der Waals surface area (Å²) in [5, 5.41) is 3.89. The van der Waals surface area contributed by atoms with Gasteiger partial charge in [-0.15, -0.1) is 0 Å². The molecular formula is C10H16N6O2S. The Morgan fingerprint density at radius 3 is 2.74 bits per heavy atom. The lowest BCUT2D eigenvalue weighted by atomic mass is 10.5. The predicted octanol–water partition coefficient (Wildman–Crippen LogP) is -0.514. The fraction of sp³-hybridized carbons (Fsp3) is 0.400. The molecule has 0 unspecified atom stereocenters.